The van der Waals surface area contributed by atoms with Crippen molar-refractivity contribution in [2.45, 2.75) is 25.3 Å². The summed E-state index contributed by atoms with van der Waals surface area (Å²) in [7, 11) is 0. The van der Waals surface area contributed by atoms with E-state index in [2.05, 4.69) is 16.8 Å². The first-order valence-electron chi connectivity index (χ1n) is 8.31. The molecule has 2 amide bonds. The second-order valence-electron chi connectivity index (χ2n) is 6.25. The third-order valence-electron chi connectivity index (χ3n) is 4.83. The molecular weight excluding hydrogens is 309 g/mol. The predicted molar refractivity (Wildman–Crippen MR) is 90.3 cm³/mol. The third kappa shape index (κ3) is 3.42. The molecule has 1 saturated heterocycles. The van der Waals surface area contributed by atoms with Crippen LogP contribution in [0, 0.1) is 5.82 Å². The first-order valence-corrected chi connectivity index (χ1v) is 8.31. The minimum Gasteiger partial charge on any atom is -0.368 e. The van der Waals surface area contributed by atoms with E-state index in [-0.39, 0.29) is 24.2 Å². The average Bonchev–Trinajstić information content (AvgIpc) is 3.02. The van der Waals surface area contributed by atoms with Crippen LogP contribution in [0.4, 0.5) is 10.1 Å². The average molecular weight is 331 g/mol. The van der Waals surface area contributed by atoms with E-state index in [0.717, 1.165) is 43.1 Å². The van der Waals surface area contributed by atoms with Gasteiger partial charge in [-0.25, -0.2) is 4.39 Å². The number of anilines is 1. The summed E-state index contributed by atoms with van der Waals surface area (Å²) < 4.78 is 13.3. The highest BCUT2D eigenvalue weighted by Gasteiger charge is 2.30. The number of piperidine rings is 1. The van der Waals surface area contributed by atoms with Crippen molar-refractivity contribution in [1.29, 1.82) is 0 Å². The van der Waals surface area contributed by atoms with Gasteiger partial charge in [-0.2, -0.15) is 0 Å². The van der Waals surface area contributed by atoms with Gasteiger partial charge in [0.15, 0.2) is 0 Å². The summed E-state index contributed by atoms with van der Waals surface area (Å²) in [6, 6.07) is 5.37. The van der Waals surface area contributed by atoms with Crippen molar-refractivity contribution in [2.24, 2.45) is 0 Å². The molecular formula is C18H22FN3O2. The number of hydrogen-bond acceptors (Lipinski definition) is 3. The van der Waals surface area contributed by atoms with Crippen LogP contribution in [0.15, 0.2) is 30.9 Å². The van der Waals surface area contributed by atoms with Crippen molar-refractivity contribution in [1.82, 2.24) is 10.2 Å². The fourth-order valence-corrected chi connectivity index (χ4v) is 3.55. The SMILES string of the molecule is C=CC(=O)NCC(=O)N1CCC(N2CCc3cc(F)ccc32)CC1. The molecule has 128 valence electrons. The summed E-state index contributed by atoms with van der Waals surface area (Å²) in [4.78, 5) is 27.4. The van der Waals surface area contributed by atoms with Gasteiger partial charge in [-0.05, 0) is 49.1 Å². The lowest BCUT2D eigenvalue weighted by atomic mass is 10.0. The lowest BCUT2D eigenvalue weighted by molar-refractivity contribution is -0.133. The molecule has 0 unspecified atom stereocenters. The van der Waals surface area contributed by atoms with Gasteiger partial charge in [0.1, 0.15) is 5.82 Å². The molecule has 2 aliphatic rings. The minimum atomic E-state index is -0.334. The summed E-state index contributed by atoms with van der Waals surface area (Å²) in [6.07, 6.45) is 3.81. The zero-order valence-corrected chi connectivity index (χ0v) is 13.6. The van der Waals surface area contributed by atoms with Crippen molar-refractivity contribution >= 4 is 17.5 Å². The number of carbonyl (C=O) groups excluding carboxylic acids is 2. The highest BCUT2D eigenvalue weighted by atomic mass is 19.1. The monoisotopic (exact) mass is 331 g/mol. The number of benzene rings is 1. The molecule has 6 heteroatoms. The molecule has 0 saturated carbocycles. The molecule has 2 heterocycles. The fourth-order valence-electron chi connectivity index (χ4n) is 3.55. The van der Waals surface area contributed by atoms with Gasteiger partial charge in [-0.15, -0.1) is 0 Å². The standard InChI is InChI=1S/C18H22FN3O2/c1-2-17(23)20-12-18(24)21-8-6-15(7-9-21)22-10-5-13-11-14(19)3-4-16(13)22/h2-4,11,15H,1,5-10,12H2,(H,20,23). The van der Waals surface area contributed by atoms with Crippen molar-refractivity contribution in [3.63, 3.8) is 0 Å². The molecule has 24 heavy (non-hydrogen) atoms. The van der Waals surface area contributed by atoms with Gasteiger partial charge in [-0.1, -0.05) is 6.58 Å². The normalized spacial score (nSPS) is 17.5. The molecule has 0 spiro atoms. The van der Waals surface area contributed by atoms with E-state index in [1.807, 2.05) is 6.07 Å². The molecule has 0 aromatic heterocycles. The highest BCUT2D eigenvalue weighted by molar-refractivity contribution is 5.90. The van der Waals surface area contributed by atoms with E-state index in [9.17, 15) is 14.0 Å². The van der Waals surface area contributed by atoms with Crippen LogP contribution in [0.5, 0.6) is 0 Å². The Morgan fingerprint density at radius 2 is 2.04 bits per heavy atom. The van der Waals surface area contributed by atoms with E-state index in [1.54, 1.807) is 11.0 Å². The first-order chi connectivity index (χ1) is 11.6. The number of likely N-dealkylation sites (tertiary alicyclic amines) is 1. The van der Waals surface area contributed by atoms with Crippen LogP contribution in [-0.2, 0) is 16.0 Å². The molecule has 1 N–H and O–H groups in total. The number of nitrogens with one attached hydrogen (secondary N) is 1. The number of nitrogens with zero attached hydrogens (tertiary/aromatic N) is 2. The Labute approximate surface area is 141 Å². The van der Waals surface area contributed by atoms with Crippen LogP contribution in [-0.4, -0.2) is 48.9 Å². The Kier molecular flexibility index (Phi) is 4.83. The van der Waals surface area contributed by atoms with Crippen LogP contribution >= 0.6 is 0 Å². The van der Waals surface area contributed by atoms with Crippen molar-refractivity contribution in [3.8, 4) is 0 Å². The molecule has 3 rings (SSSR count). The van der Waals surface area contributed by atoms with Gasteiger partial charge in [0, 0.05) is 31.4 Å². The van der Waals surface area contributed by atoms with Crippen molar-refractivity contribution < 1.29 is 14.0 Å². The van der Waals surface area contributed by atoms with E-state index in [0.29, 0.717) is 19.1 Å². The number of hydrogen-bond donors (Lipinski definition) is 1. The molecule has 2 aliphatic heterocycles. The van der Waals surface area contributed by atoms with Crippen LogP contribution in [0.2, 0.25) is 0 Å². The maximum atomic E-state index is 13.3. The van der Waals surface area contributed by atoms with E-state index < -0.39 is 0 Å². The van der Waals surface area contributed by atoms with Crippen molar-refractivity contribution in [2.75, 3.05) is 31.1 Å². The second kappa shape index (κ2) is 7.03. The molecule has 0 atom stereocenters. The minimum absolute atomic E-state index is 0.0152. The number of fused-ring (bicyclic) bond motifs is 1. The third-order valence-corrected chi connectivity index (χ3v) is 4.83. The molecule has 1 aromatic rings. The zero-order valence-electron chi connectivity index (χ0n) is 13.6. The number of rotatable bonds is 4. The van der Waals surface area contributed by atoms with Gasteiger partial charge in [0.2, 0.25) is 11.8 Å². The van der Waals surface area contributed by atoms with Crippen LogP contribution in [0.25, 0.3) is 0 Å². The largest absolute Gasteiger partial charge is 0.368 e. The van der Waals surface area contributed by atoms with E-state index in [1.165, 1.54) is 6.07 Å². The Morgan fingerprint density at radius 1 is 1.29 bits per heavy atom. The maximum Gasteiger partial charge on any atom is 0.243 e. The van der Waals surface area contributed by atoms with Gasteiger partial charge in [0.05, 0.1) is 6.54 Å². The van der Waals surface area contributed by atoms with Gasteiger partial charge in [-0.3, -0.25) is 9.59 Å². The number of amides is 2. The topological polar surface area (TPSA) is 52.7 Å². The van der Waals surface area contributed by atoms with Crippen LogP contribution in [0.3, 0.4) is 0 Å². The van der Waals surface area contributed by atoms with Gasteiger partial charge >= 0.3 is 0 Å². The molecule has 5 nitrogen and oxygen atoms in total. The molecule has 0 bridgehead atoms. The quantitative estimate of drug-likeness (QED) is 0.851. The Balaban J connectivity index is 1.54. The smallest absolute Gasteiger partial charge is 0.243 e. The fraction of sp³-hybridized carbons (Fsp3) is 0.444. The number of carbonyl (C=O) groups is 2. The summed E-state index contributed by atoms with van der Waals surface area (Å²) >= 11 is 0. The first kappa shape index (κ1) is 16.5. The molecule has 0 radical (unpaired) electrons. The van der Waals surface area contributed by atoms with Gasteiger partial charge in [0.25, 0.3) is 0 Å². The second-order valence-corrected chi connectivity index (χ2v) is 6.25. The Bertz CT molecular complexity index is 654. The summed E-state index contributed by atoms with van der Waals surface area (Å²) in [5.41, 5.74) is 2.19. The zero-order chi connectivity index (χ0) is 17.1. The summed E-state index contributed by atoms with van der Waals surface area (Å²) in [6.45, 7) is 5.65. The van der Waals surface area contributed by atoms with Crippen LogP contribution in [0.1, 0.15) is 18.4 Å². The van der Waals surface area contributed by atoms with E-state index >= 15 is 0 Å². The highest BCUT2D eigenvalue weighted by Crippen LogP contribution is 2.33. The lowest BCUT2D eigenvalue weighted by Gasteiger charge is -2.38. The number of halogens is 1. The van der Waals surface area contributed by atoms with Crippen LogP contribution < -0.4 is 10.2 Å². The predicted octanol–water partition coefficient (Wildman–Crippen LogP) is 1.48. The summed E-state index contributed by atoms with van der Waals surface area (Å²) in [5.74, 6) is -0.579. The van der Waals surface area contributed by atoms with Gasteiger partial charge < -0.3 is 15.1 Å². The lowest BCUT2D eigenvalue weighted by Crippen LogP contribution is -2.48. The Morgan fingerprint density at radius 3 is 2.75 bits per heavy atom. The van der Waals surface area contributed by atoms with Crippen molar-refractivity contribution in [3.05, 3.63) is 42.2 Å². The molecule has 1 fully saturated rings. The Hall–Kier alpha value is -2.37. The maximum absolute atomic E-state index is 13.3. The van der Waals surface area contributed by atoms with E-state index in [4.69, 9.17) is 0 Å². The summed E-state index contributed by atoms with van der Waals surface area (Å²) in [5, 5.41) is 2.52. The molecule has 1 aromatic carbocycles. The molecule has 0 aliphatic carbocycles.